The van der Waals surface area contributed by atoms with Gasteiger partial charge in [0.1, 0.15) is 11.2 Å². The lowest BCUT2D eigenvalue weighted by atomic mass is 10.1. The first-order chi connectivity index (χ1) is 10.6. The second-order valence-electron chi connectivity index (χ2n) is 5.06. The minimum Gasteiger partial charge on any atom is -0.365 e. The van der Waals surface area contributed by atoms with E-state index in [4.69, 9.17) is 5.73 Å². The molecule has 0 saturated carbocycles. The van der Waals surface area contributed by atoms with Crippen LogP contribution in [0.15, 0.2) is 43.1 Å². The van der Waals surface area contributed by atoms with Crippen molar-refractivity contribution in [2.75, 3.05) is 0 Å². The molecular weight excluding hydrogens is 280 g/mol. The van der Waals surface area contributed by atoms with Crippen LogP contribution in [-0.2, 0) is 7.05 Å². The van der Waals surface area contributed by atoms with Gasteiger partial charge in [-0.2, -0.15) is 5.10 Å². The van der Waals surface area contributed by atoms with Gasteiger partial charge in [-0.3, -0.25) is 4.79 Å². The predicted octanol–water partition coefficient (Wildman–Crippen LogP) is 1.38. The number of aromatic nitrogens is 5. The van der Waals surface area contributed by atoms with E-state index in [2.05, 4.69) is 15.1 Å². The molecule has 0 aromatic carbocycles. The second kappa shape index (κ2) is 4.39. The maximum Gasteiger partial charge on any atom is 0.254 e. The smallest absolute Gasteiger partial charge is 0.254 e. The number of amides is 1. The molecule has 0 aliphatic heterocycles. The van der Waals surface area contributed by atoms with E-state index >= 15 is 0 Å². The highest BCUT2D eigenvalue weighted by Crippen LogP contribution is 2.27. The van der Waals surface area contributed by atoms with Crippen LogP contribution >= 0.6 is 0 Å². The van der Waals surface area contributed by atoms with Crippen molar-refractivity contribution in [1.29, 1.82) is 0 Å². The van der Waals surface area contributed by atoms with Gasteiger partial charge in [-0.15, -0.1) is 0 Å². The number of aryl methyl sites for hydroxylation is 1. The van der Waals surface area contributed by atoms with Crippen molar-refractivity contribution in [2.24, 2.45) is 12.8 Å². The van der Waals surface area contributed by atoms with E-state index in [1.54, 1.807) is 16.9 Å². The van der Waals surface area contributed by atoms with Crippen molar-refractivity contribution < 1.29 is 4.79 Å². The van der Waals surface area contributed by atoms with Gasteiger partial charge in [0.25, 0.3) is 5.91 Å². The molecular formula is C15H12N6O. The average molecular weight is 292 g/mol. The van der Waals surface area contributed by atoms with Gasteiger partial charge in [-0.05, 0) is 17.7 Å². The van der Waals surface area contributed by atoms with Crippen LogP contribution in [0.3, 0.4) is 0 Å². The number of primary amides is 1. The van der Waals surface area contributed by atoms with E-state index in [0.29, 0.717) is 11.2 Å². The van der Waals surface area contributed by atoms with Crippen LogP contribution < -0.4 is 5.73 Å². The Bertz CT molecular complexity index is 1030. The highest BCUT2D eigenvalue weighted by atomic mass is 16.1. The quantitative estimate of drug-likeness (QED) is 0.604. The molecule has 22 heavy (non-hydrogen) atoms. The number of pyridine rings is 1. The fraction of sp³-hybridized carbons (Fsp3) is 0.0667. The van der Waals surface area contributed by atoms with Crippen LogP contribution in [0.4, 0.5) is 0 Å². The number of carbonyl (C=O) groups is 1. The third-order valence-electron chi connectivity index (χ3n) is 3.70. The molecule has 7 nitrogen and oxygen atoms in total. The Hall–Kier alpha value is -3.22. The molecule has 4 aromatic heterocycles. The van der Waals surface area contributed by atoms with Crippen LogP contribution in [0, 0.1) is 0 Å². The molecule has 0 spiro atoms. The normalized spacial score (nSPS) is 11.3. The molecule has 0 aliphatic rings. The zero-order valence-electron chi connectivity index (χ0n) is 11.8. The summed E-state index contributed by atoms with van der Waals surface area (Å²) in [6.45, 7) is 0. The maximum absolute atomic E-state index is 11.3. The Morgan fingerprint density at radius 2 is 2.05 bits per heavy atom. The van der Waals surface area contributed by atoms with Gasteiger partial charge in [0.15, 0.2) is 5.65 Å². The van der Waals surface area contributed by atoms with Crippen molar-refractivity contribution in [3.05, 3.63) is 48.7 Å². The minimum atomic E-state index is -0.537. The lowest BCUT2D eigenvalue weighted by Crippen LogP contribution is -2.10. The molecule has 0 aliphatic carbocycles. The van der Waals surface area contributed by atoms with Gasteiger partial charge in [0.05, 0.1) is 6.20 Å². The van der Waals surface area contributed by atoms with Crippen LogP contribution in [0.1, 0.15) is 10.4 Å². The summed E-state index contributed by atoms with van der Waals surface area (Å²) in [5, 5.41) is 5.18. The van der Waals surface area contributed by atoms with E-state index < -0.39 is 5.91 Å². The van der Waals surface area contributed by atoms with Crippen molar-refractivity contribution in [3.8, 4) is 11.1 Å². The third-order valence-corrected chi connectivity index (χ3v) is 3.70. The van der Waals surface area contributed by atoms with Crippen molar-refractivity contribution in [2.45, 2.75) is 0 Å². The summed E-state index contributed by atoms with van der Waals surface area (Å²) in [4.78, 5) is 20.0. The summed E-state index contributed by atoms with van der Waals surface area (Å²) in [6, 6.07) is 3.95. The Balaban J connectivity index is 1.95. The van der Waals surface area contributed by atoms with Crippen molar-refractivity contribution in [3.63, 3.8) is 0 Å². The zero-order chi connectivity index (χ0) is 15.3. The summed E-state index contributed by atoms with van der Waals surface area (Å²) in [5.74, 6) is -0.537. The largest absolute Gasteiger partial charge is 0.365 e. The van der Waals surface area contributed by atoms with Gasteiger partial charge < -0.3 is 10.3 Å². The van der Waals surface area contributed by atoms with E-state index in [-0.39, 0.29) is 0 Å². The first kappa shape index (κ1) is 12.5. The van der Waals surface area contributed by atoms with E-state index in [1.807, 2.05) is 36.1 Å². The molecule has 4 heterocycles. The average Bonchev–Trinajstić information content (AvgIpc) is 3.10. The molecule has 0 unspecified atom stereocenters. The maximum atomic E-state index is 11.3. The first-order valence-electron chi connectivity index (χ1n) is 6.69. The minimum absolute atomic E-state index is 0.311. The number of rotatable bonds is 2. The summed E-state index contributed by atoms with van der Waals surface area (Å²) in [6.07, 6.45) is 8.70. The monoisotopic (exact) mass is 292 g/mol. The first-order valence-corrected chi connectivity index (χ1v) is 6.69. The van der Waals surface area contributed by atoms with Crippen LogP contribution in [-0.4, -0.2) is 30.1 Å². The second-order valence-corrected chi connectivity index (χ2v) is 5.06. The molecule has 0 atom stereocenters. The topological polar surface area (TPSA) is 91.1 Å². The SMILES string of the molecule is Cn1ccc2c(-c3cnc4c(C(N)=O)cnn4c3)ccnc21. The molecule has 0 radical (unpaired) electrons. The van der Waals surface area contributed by atoms with E-state index in [9.17, 15) is 4.79 Å². The molecule has 2 N–H and O–H groups in total. The molecule has 1 amide bonds. The molecule has 4 aromatic rings. The number of hydrogen-bond donors (Lipinski definition) is 1. The summed E-state index contributed by atoms with van der Waals surface area (Å²) >= 11 is 0. The number of carbonyl (C=O) groups excluding carboxylic acids is 1. The van der Waals surface area contributed by atoms with Crippen LogP contribution in [0.5, 0.6) is 0 Å². The Kier molecular flexibility index (Phi) is 2.50. The number of nitrogens with two attached hydrogens (primary N) is 1. The Labute approximate surface area is 125 Å². The van der Waals surface area contributed by atoms with E-state index in [1.165, 1.54) is 6.20 Å². The molecule has 108 valence electrons. The number of hydrogen-bond acceptors (Lipinski definition) is 4. The fourth-order valence-corrected chi connectivity index (χ4v) is 2.60. The molecule has 0 fully saturated rings. The van der Waals surface area contributed by atoms with E-state index in [0.717, 1.165) is 22.2 Å². The lowest BCUT2D eigenvalue weighted by Gasteiger charge is -2.04. The highest BCUT2D eigenvalue weighted by molar-refractivity contribution is 5.98. The van der Waals surface area contributed by atoms with Gasteiger partial charge in [0.2, 0.25) is 0 Å². The summed E-state index contributed by atoms with van der Waals surface area (Å²) in [5.41, 5.74) is 8.87. The molecule has 0 bridgehead atoms. The van der Waals surface area contributed by atoms with Gasteiger partial charge in [-0.1, -0.05) is 0 Å². The number of nitrogens with zero attached hydrogens (tertiary/aromatic N) is 5. The lowest BCUT2D eigenvalue weighted by molar-refractivity contribution is 0.100. The van der Waals surface area contributed by atoms with Gasteiger partial charge >= 0.3 is 0 Å². The van der Waals surface area contributed by atoms with Crippen LogP contribution in [0.25, 0.3) is 27.8 Å². The van der Waals surface area contributed by atoms with Crippen molar-refractivity contribution in [1.82, 2.24) is 24.1 Å². The summed E-state index contributed by atoms with van der Waals surface area (Å²) in [7, 11) is 1.95. The Morgan fingerprint density at radius 1 is 1.18 bits per heavy atom. The fourth-order valence-electron chi connectivity index (χ4n) is 2.60. The Morgan fingerprint density at radius 3 is 2.86 bits per heavy atom. The highest BCUT2D eigenvalue weighted by Gasteiger charge is 2.13. The van der Waals surface area contributed by atoms with Crippen LogP contribution in [0.2, 0.25) is 0 Å². The third kappa shape index (κ3) is 1.69. The standard InChI is InChI=1S/C15H12N6O/c1-20-5-3-11-10(2-4-17-14(11)20)9-6-18-15-12(13(16)22)7-19-21(15)8-9/h2-8H,1H3,(H2,16,22). The molecule has 4 rings (SSSR count). The molecule has 7 heteroatoms. The van der Waals surface area contributed by atoms with Gasteiger partial charge in [0, 0.05) is 42.8 Å². The molecule has 0 saturated heterocycles. The summed E-state index contributed by atoms with van der Waals surface area (Å²) < 4.78 is 3.52. The van der Waals surface area contributed by atoms with Gasteiger partial charge in [-0.25, -0.2) is 14.5 Å². The number of fused-ring (bicyclic) bond motifs is 2. The predicted molar refractivity (Wildman–Crippen MR) is 81.2 cm³/mol. The van der Waals surface area contributed by atoms with Crippen molar-refractivity contribution >= 4 is 22.6 Å². The zero-order valence-corrected chi connectivity index (χ0v) is 11.8.